The van der Waals surface area contributed by atoms with Gasteiger partial charge in [0.25, 0.3) is 0 Å². The number of hydrogen-bond acceptors (Lipinski definition) is 2. The Balaban J connectivity index is 1.93. The van der Waals surface area contributed by atoms with E-state index in [0.717, 1.165) is 32.1 Å². The van der Waals surface area contributed by atoms with Crippen molar-refractivity contribution in [1.29, 1.82) is 0 Å². The van der Waals surface area contributed by atoms with Crippen molar-refractivity contribution in [2.75, 3.05) is 0 Å². The van der Waals surface area contributed by atoms with Crippen LogP contribution < -0.4 is 5.32 Å². The molecule has 19 heavy (non-hydrogen) atoms. The summed E-state index contributed by atoms with van der Waals surface area (Å²) in [6.07, 6.45) is 10.1. The highest BCUT2D eigenvalue weighted by molar-refractivity contribution is 5.80. The van der Waals surface area contributed by atoms with Gasteiger partial charge in [0.1, 0.15) is 0 Å². The standard InChI is InChI=1S/C15H23NO3/c1-15(14(18)19)9-5-4-8-12(15)16-13(17)10-11-6-2-3-7-11/h2,6,11-12H,3-5,7-10H2,1H3,(H,16,17)(H,18,19). The molecule has 0 aliphatic heterocycles. The maximum absolute atomic E-state index is 12.0. The Morgan fingerprint density at radius 2 is 2.16 bits per heavy atom. The average Bonchev–Trinajstić information content (AvgIpc) is 2.84. The maximum atomic E-state index is 12.0. The minimum Gasteiger partial charge on any atom is -0.481 e. The van der Waals surface area contributed by atoms with Crippen LogP contribution in [0.1, 0.15) is 51.9 Å². The second-order valence-corrected chi connectivity index (χ2v) is 6.06. The summed E-state index contributed by atoms with van der Waals surface area (Å²) >= 11 is 0. The summed E-state index contributed by atoms with van der Waals surface area (Å²) in [6, 6.07) is -0.225. The van der Waals surface area contributed by atoms with Crippen LogP contribution in [0.3, 0.4) is 0 Å². The first-order valence-corrected chi connectivity index (χ1v) is 7.22. The number of allylic oxidation sites excluding steroid dienone is 2. The van der Waals surface area contributed by atoms with Crippen LogP contribution >= 0.6 is 0 Å². The molecule has 0 aromatic rings. The van der Waals surface area contributed by atoms with Gasteiger partial charge in [-0.3, -0.25) is 9.59 Å². The Kier molecular flexibility index (Phi) is 4.27. The molecule has 0 heterocycles. The first kappa shape index (κ1) is 14.1. The first-order chi connectivity index (χ1) is 9.02. The third-order valence-electron chi connectivity index (χ3n) is 4.59. The van der Waals surface area contributed by atoms with Gasteiger partial charge < -0.3 is 10.4 Å². The molecule has 3 atom stereocenters. The van der Waals surface area contributed by atoms with Crippen molar-refractivity contribution in [1.82, 2.24) is 5.32 Å². The SMILES string of the molecule is CC1(C(=O)O)CCCCC1NC(=O)CC1C=CCC1. The fraction of sp³-hybridized carbons (Fsp3) is 0.733. The minimum absolute atomic E-state index is 0.00377. The van der Waals surface area contributed by atoms with E-state index in [9.17, 15) is 14.7 Å². The number of hydrogen-bond donors (Lipinski definition) is 2. The van der Waals surface area contributed by atoms with Gasteiger partial charge in [-0.25, -0.2) is 0 Å². The number of nitrogens with one attached hydrogen (secondary N) is 1. The zero-order valence-electron chi connectivity index (χ0n) is 11.5. The van der Waals surface area contributed by atoms with Crippen molar-refractivity contribution in [2.24, 2.45) is 11.3 Å². The Morgan fingerprint density at radius 1 is 1.37 bits per heavy atom. The Bertz CT molecular complexity index is 391. The lowest BCUT2D eigenvalue weighted by molar-refractivity contribution is -0.152. The number of carboxylic acid groups (broad SMARTS) is 1. The zero-order chi connectivity index (χ0) is 13.9. The summed E-state index contributed by atoms with van der Waals surface area (Å²) in [6.45, 7) is 1.76. The summed E-state index contributed by atoms with van der Waals surface area (Å²) in [5.41, 5.74) is -0.806. The Labute approximate surface area is 114 Å². The third kappa shape index (κ3) is 3.17. The monoisotopic (exact) mass is 265 g/mol. The number of rotatable bonds is 4. The van der Waals surface area contributed by atoms with Gasteiger partial charge in [-0.2, -0.15) is 0 Å². The lowest BCUT2D eigenvalue weighted by Gasteiger charge is -2.38. The largest absolute Gasteiger partial charge is 0.481 e. The van der Waals surface area contributed by atoms with Gasteiger partial charge >= 0.3 is 5.97 Å². The summed E-state index contributed by atoms with van der Waals surface area (Å²) in [7, 11) is 0. The van der Waals surface area contributed by atoms with E-state index in [1.165, 1.54) is 0 Å². The molecule has 2 N–H and O–H groups in total. The van der Waals surface area contributed by atoms with Gasteiger partial charge in [0, 0.05) is 12.5 Å². The number of carbonyl (C=O) groups excluding carboxylic acids is 1. The van der Waals surface area contributed by atoms with E-state index in [1.54, 1.807) is 6.92 Å². The third-order valence-corrected chi connectivity index (χ3v) is 4.59. The molecule has 1 fully saturated rings. The first-order valence-electron chi connectivity index (χ1n) is 7.22. The second kappa shape index (κ2) is 5.76. The number of carboxylic acids is 1. The molecule has 0 aromatic carbocycles. The average molecular weight is 265 g/mol. The van der Waals surface area contributed by atoms with Crippen molar-refractivity contribution >= 4 is 11.9 Å². The van der Waals surface area contributed by atoms with E-state index in [2.05, 4.69) is 17.5 Å². The molecular formula is C15H23NO3. The molecule has 2 rings (SSSR count). The Morgan fingerprint density at radius 3 is 2.79 bits per heavy atom. The molecular weight excluding hydrogens is 242 g/mol. The second-order valence-electron chi connectivity index (χ2n) is 6.06. The van der Waals surface area contributed by atoms with E-state index in [4.69, 9.17) is 0 Å². The summed E-state index contributed by atoms with van der Waals surface area (Å²) < 4.78 is 0. The highest BCUT2D eigenvalue weighted by atomic mass is 16.4. The highest BCUT2D eigenvalue weighted by Gasteiger charge is 2.43. The predicted molar refractivity (Wildman–Crippen MR) is 72.6 cm³/mol. The minimum atomic E-state index is -0.806. The van der Waals surface area contributed by atoms with Gasteiger partial charge in [0.15, 0.2) is 0 Å². The summed E-state index contributed by atoms with van der Waals surface area (Å²) in [5, 5.41) is 12.4. The van der Waals surface area contributed by atoms with Gasteiger partial charge in [-0.05, 0) is 38.5 Å². The number of amides is 1. The molecule has 4 heteroatoms. The van der Waals surface area contributed by atoms with Crippen LogP contribution in [0.15, 0.2) is 12.2 Å². The fourth-order valence-corrected chi connectivity index (χ4v) is 3.18. The van der Waals surface area contributed by atoms with E-state index in [-0.39, 0.29) is 11.9 Å². The summed E-state index contributed by atoms with van der Waals surface area (Å²) in [4.78, 5) is 23.5. The van der Waals surface area contributed by atoms with E-state index in [1.807, 2.05) is 0 Å². The van der Waals surface area contributed by atoms with Crippen LogP contribution in [-0.2, 0) is 9.59 Å². The van der Waals surface area contributed by atoms with Crippen LogP contribution in [-0.4, -0.2) is 23.0 Å². The number of aliphatic carboxylic acids is 1. The van der Waals surface area contributed by atoms with Gasteiger partial charge in [0.05, 0.1) is 5.41 Å². The van der Waals surface area contributed by atoms with E-state index < -0.39 is 11.4 Å². The molecule has 1 saturated carbocycles. The van der Waals surface area contributed by atoms with Crippen molar-refractivity contribution < 1.29 is 14.7 Å². The van der Waals surface area contributed by atoms with Gasteiger partial charge in [0.2, 0.25) is 5.91 Å². The molecule has 3 unspecified atom stereocenters. The quantitative estimate of drug-likeness (QED) is 0.767. The molecule has 0 spiro atoms. The highest BCUT2D eigenvalue weighted by Crippen LogP contribution is 2.36. The maximum Gasteiger partial charge on any atom is 0.311 e. The molecule has 0 aromatic heterocycles. The van der Waals surface area contributed by atoms with Crippen LogP contribution in [0, 0.1) is 11.3 Å². The molecule has 2 aliphatic carbocycles. The topological polar surface area (TPSA) is 66.4 Å². The molecule has 4 nitrogen and oxygen atoms in total. The molecule has 2 aliphatic rings. The molecule has 106 valence electrons. The smallest absolute Gasteiger partial charge is 0.311 e. The molecule has 0 saturated heterocycles. The van der Waals surface area contributed by atoms with Crippen LogP contribution in [0.4, 0.5) is 0 Å². The van der Waals surface area contributed by atoms with E-state index >= 15 is 0 Å². The van der Waals surface area contributed by atoms with Crippen LogP contribution in [0.5, 0.6) is 0 Å². The molecule has 0 bridgehead atoms. The normalized spacial score (nSPS) is 34.2. The van der Waals surface area contributed by atoms with Crippen LogP contribution in [0.2, 0.25) is 0 Å². The molecule has 1 amide bonds. The fourth-order valence-electron chi connectivity index (χ4n) is 3.18. The lowest BCUT2D eigenvalue weighted by atomic mass is 9.71. The van der Waals surface area contributed by atoms with Crippen LogP contribution in [0.25, 0.3) is 0 Å². The van der Waals surface area contributed by atoms with Crippen molar-refractivity contribution in [3.63, 3.8) is 0 Å². The number of carbonyl (C=O) groups is 2. The van der Waals surface area contributed by atoms with Crippen molar-refractivity contribution in [3.05, 3.63) is 12.2 Å². The zero-order valence-corrected chi connectivity index (χ0v) is 11.5. The van der Waals surface area contributed by atoms with Crippen molar-refractivity contribution in [2.45, 2.75) is 57.9 Å². The van der Waals surface area contributed by atoms with Crippen molar-refractivity contribution in [3.8, 4) is 0 Å². The summed E-state index contributed by atoms with van der Waals surface area (Å²) in [5.74, 6) is -0.464. The van der Waals surface area contributed by atoms with Gasteiger partial charge in [-0.1, -0.05) is 25.0 Å². The predicted octanol–water partition coefficient (Wildman–Crippen LogP) is 2.49. The molecule has 0 radical (unpaired) electrons. The lowest BCUT2D eigenvalue weighted by Crippen LogP contribution is -2.52. The van der Waals surface area contributed by atoms with Gasteiger partial charge in [-0.15, -0.1) is 0 Å². The Hall–Kier alpha value is -1.32. The van der Waals surface area contributed by atoms with E-state index in [0.29, 0.717) is 18.8 Å².